The molecule has 0 saturated carbocycles. The fourth-order valence-electron chi connectivity index (χ4n) is 2.13. The number of nitrogens with zero attached hydrogens (tertiary/aromatic N) is 2. The highest BCUT2D eigenvalue weighted by Gasteiger charge is 2.25. The van der Waals surface area contributed by atoms with Gasteiger partial charge < -0.3 is 10.6 Å². The zero-order valence-corrected chi connectivity index (χ0v) is 10.6. The van der Waals surface area contributed by atoms with Crippen LogP contribution in [-0.4, -0.2) is 17.4 Å². The normalized spacial score (nSPS) is 14.2. The van der Waals surface area contributed by atoms with E-state index in [0.29, 0.717) is 30.1 Å². The van der Waals surface area contributed by atoms with Crippen molar-refractivity contribution in [1.29, 1.82) is 5.26 Å². The second-order valence-corrected chi connectivity index (χ2v) is 5.31. The lowest BCUT2D eigenvalue weighted by atomic mass is 10.0. The van der Waals surface area contributed by atoms with Gasteiger partial charge in [0.05, 0.1) is 12.1 Å². The fourth-order valence-corrected chi connectivity index (χ4v) is 3.22. The van der Waals surface area contributed by atoms with Gasteiger partial charge in [-0.3, -0.25) is 4.79 Å². The van der Waals surface area contributed by atoms with E-state index in [1.807, 2.05) is 11.8 Å². The van der Waals surface area contributed by atoms with E-state index >= 15 is 0 Å². The van der Waals surface area contributed by atoms with Crippen LogP contribution in [0.4, 0.5) is 5.00 Å². The first-order valence-corrected chi connectivity index (χ1v) is 6.56. The molecule has 1 aliphatic rings. The lowest BCUT2D eigenvalue weighted by molar-refractivity contribution is -0.132. The number of hydrogen-bond donors (Lipinski definition) is 1. The van der Waals surface area contributed by atoms with Crippen LogP contribution in [0.25, 0.3) is 0 Å². The Labute approximate surface area is 105 Å². The molecule has 2 N–H and O–H groups in total. The molecule has 0 saturated heterocycles. The van der Waals surface area contributed by atoms with E-state index < -0.39 is 0 Å². The van der Waals surface area contributed by atoms with Crippen LogP contribution in [0.15, 0.2) is 0 Å². The number of carbonyl (C=O) groups excluding carboxylic acids is 1. The highest BCUT2D eigenvalue weighted by molar-refractivity contribution is 7.16. The molecule has 1 aliphatic heterocycles. The van der Waals surface area contributed by atoms with E-state index in [4.69, 9.17) is 11.0 Å². The smallest absolute Gasteiger partial charge is 0.222 e. The molecule has 0 radical (unpaired) electrons. The Bertz CT molecular complexity index is 487. The Morgan fingerprint density at radius 1 is 1.65 bits per heavy atom. The maximum Gasteiger partial charge on any atom is 0.222 e. The minimum absolute atomic E-state index is 0.198. The van der Waals surface area contributed by atoms with E-state index in [0.717, 1.165) is 23.3 Å². The first-order valence-electron chi connectivity index (χ1n) is 5.75. The van der Waals surface area contributed by atoms with Crippen LogP contribution in [0.5, 0.6) is 0 Å². The zero-order chi connectivity index (χ0) is 12.4. The van der Waals surface area contributed by atoms with E-state index in [2.05, 4.69) is 6.07 Å². The predicted molar refractivity (Wildman–Crippen MR) is 67.5 cm³/mol. The molecule has 0 fully saturated rings. The topological polar surface area (TPSA) is 70.1 Å². The summed E-state index contributed by atoms with van der Waals surface area (Å²) in [6.07, 6.45) is 2.22. The first kappa shape index (κ1) is 11.9. The SMILES string of the molecule is CCCC(=O)N1CCc2c(sc(N)c2C#N)C1. The Morgan fingerprint density at radius 3 is 3.06 bits per heavy atom. The summed E-state index contributed by atoms with van der Waals surface area (Å²) in [7, 11) is 0. The first-order chi connectivity index (χ1) is 8.17. The number of nitrogens with two attached hydrogens (primary N) is 1. The molecule has 0 aromatic carbocycles. The van der Waals surface area contributed by atoms with Gasteiger partial charge in [0.25, 0.3) is 0 Å². The summed E-state index contributed by atoms with van der Waals surface area (Å²) >= 11 is 1.44. The number of rotatable bonds is 2. The lowest BCUT2D eigenvalue weighted by Crippen LogP contribution is -2.35. The highest BCUT2D eigenvalue weighted by Crippen LogP contribution is 2.34. The monoisotopic (exact) mass is 249 g/mol. The number of hydrogen-bond acceptors (Lipinski definition) is 4. The average molecular weight is 249 g/mol. The summed E-state index contributed by atoms with van der Waals surface area (Å²) in [5, 5.41) is 9.60. The maximum atomic E-state index is 11.8. The maximum absolute atomic E-state index is 11.8. The minimum atomic E-state index is 0.198. The Balaban J connectivity index is 2.21. The summed E-state index contributed by atoms with van der Waals surface area (Å²) in [5.41, 5.74) is 7.47. The van der Waals surface area contributed by atoms with Gasteiger partial charge in [-0.05, 0) is 18.4 Å². The Kier molecular flexibility index (Phi) is 3.34. The van der Waals surface area contributed by atoms with Crippen molar-refractivity contribution in [2.75, 3.05) is 12.3 Å². The molecule has 1 aromatic heterocycles. The van der Waals surface area contributed by atoms with Crippen molar-refractivity contribution in [3.63, 3.8) is 0 Å². The third-order valence-electron chi connectivity index (χ3n) is 3.01. The van der Waals surface area contributed by atoms with Crippen LogP contribution >= 0.6 is 11.3 Å². The van der Waals surface area contributed by atoms with E-state index in [1.165, 1.54) is 11.3 Å². The molecule has 17 heavy (non-hydrogen) atoms. The van der Waals surface area contributed by atoms with Crippen LogP contribution in [-0.2, 0) is 17.8 Å². The third kappa shape index (κ3) is 2.13. The van der Waals surface area contributed by atoms with Crippen LogP contribution in [0, 0.1) is 11.3 Å². The molecule has 4 nitrogen and oxygen atoms in total. The van der Waals surface area contributed by atoms with Crippen LogP contribution < -0.4 is 5.73 Å². The molecule has 1 amide bonds. The third-order valence-corrected chi connectivity index (χ3v) is 4.06. The molecule has 90 valence electrons. The number of anilines is 1. The van der Waals surface area contributed by atoms with E-state index in [1.54, 1.807) is 0 Å². The molecule has 0 aliphatic carbocycles. The van der Waals surface area contributed by atoms with Crippen molar-refractivity contribution < 1.29 is 4.79 Å². The highest BCUT2D eigenvalue weighted by atomic mass is 32.1. The van der Waals surface area contributed by atoms with Gasteiger partial charge in [0, 0.05) is 17.8 Å². The molecule has 0 unspecified atom stereocenters. The van der Waals surface area contributed by atoms with Crippen molar-refractivity contribution >= 4 is 22.2 Å². The molecular weight excluding hydrogens is 234 g/mol. The molecule has 2 heterocycles. The summed E-state index contributed by atoms with van der Waals surface area (Å²) in [4.78, 5) is 14.7. The van der Waals surface area contributed by atoms with Crippen molar-refractivity contribution in [3.8, 4) is 6.07 Å². The second kappa shape index (κ2) is 4.76. The van der Waals surface area contributed by atoms with E-state index in [-0.39, 0.29) is 5.91 Å². The molecule has 5 heteroatoms. The van der Waals surface area contributed by atoms with Crippen LogP contribution in [0.3, 0.4) is 0 Å². The van der Waals surface area contributed by atoms with Crippen LogP contribution in [0.2, 0.25) is 0 Å². The quantitative estimate of drug-likeness (QED) is 0.870. The number of carbonyl (C=O) groups is 1. The van der Waals surface area contributed by atoms with Crippen LogP contribution in [0.1, 0.15) is 35.8 Å². The number of nitriles is 1. The number of amides is 1. The largest absolute Gasteiger partial charge is 0.389 e. The number of nitrogen functional groups attached to an aromatic ring is 1. The second-order valence-electron chi connectivity index (χ2n) is 4.17. The van der Waals surface area contributed by atoms with Crippen molar-refractivity contribution in [2.45, 2.75) is 32.7 Å². The van der Waals surface area contributed by atoms with Gasteiger partial charge in [-0.15, -0.1) is 11.3 Å². The Morgan fingerprint density at radius 2 is 2.41 bits per heavy atom. The summed E-state index contributed by atoms with van der Waals surface area (Å²) in [6.45, 7) is 3.32. The van der Waals surface area contributed by atoms with Crippen molar-refractivity contribution in [3.05, 3.63) is 16.0 Å². The van der Waals surface area contributed by atoms with Gasteiger partial charge in [0.2, 0.25) is 5.91 Å². The molecule has 2 rings (SSSR count). The van der Waals surface area contributed by atoms with Gasteiger partial charge in [-0.2, -0.15) is 5.26 Å². The minimum Gasteiger partial charge on any atom is -0.389 e. The van der Waals surface area contributed by atoms with Gasteiger partial charge in [-0.1, -0.05) is 6.92 Å². The summed E-state index contributed by atoms with van der Waals surface area (Å²) in [6, 6.07) is 2.15. The van der Waals surface area contributed by atoms with Gasteiger partial charge >= 0.3 is 0 Å². The van der Waals surface area contributed by atoms with E-state index in [9.17, 15) is 4.79 Å². The van der Waals surface area contributed by atoms with Gasteiger partial charge in [0.1, 0.15) is 11.1 Å². The molecular formula is C12H15N3OS. The van der Waals surface area contributed by atoms with Gasteiger partial charge in [-0.25, -0.2) is 0 Å². The number of fused-ring (bicyclic) bond motifs is 1. The van der Waals surface area contributed by atoms with Crippen molar-refractivity contribution in [2.24, 2.45) is 0 Å². The molecule has 0 spiro atoms. The molecule has 0 bridgehead atoms. The lowest BCUT2D eigenvalue weighted by Gasteiger charge is -2.26. The predicted octanol–water partition coefficient (Wildman–Crippen LogP) is 1.89. The fraction of sp³-hybridized carbons (Fsp3) is 0.500. The summed E-state index contributed by atoms with van der Waals surface area (Å²) < 4.78 is 0. The molecule has 0 atom stereocenters. The Hall–Kier alpha value is -1.54. The van der Waals surface area contributed by atoms with Gasteiger partial charge in [0.15, 0.2) is 0 Å². The summed E-state index contributed by atoms with van der Waals surface area (Å²) in [5.74, 6) is 0.198. The zero-order valence-electron chi connectivity index (χ0n) is 9.82. The molecule has 1 aromatic rings. The average Bonchev–Trinajstić information content (AvgIpc) is 2.63. The number of thiophene rings is 1. The van der Waals surface area contributed by atoms with Crippen molar-refractivity contribution in [1.82, 2.24) is 4.90 Å². The standard InChI is InChI=1S/C12H15N3OS/c1-2-3-11(16)15-5-4-8-9(6-13)12(14)17-10(8)7-15/h2-5,7,14H2,1H3.